The molecule has 0 bridgehead atoms. The van der Waals surface area contributed by atoms with Gasteiger partial charge in [0, 0.05) is 32.5 Å². The van der Waals surface area contributed by atoms with Crippen LogP contribution in [-0.4, -0.2) is 29.9 Å². The molecule has 0 saturated carbocycles. The Labute approximate surface area is 226 Å². The van der Waals surface area contributed by atoms with E-state index in [0.717, 1.165) is 21.8 Å². The number of anilines is 1. The first-order valence-corrected chi connectivity index (χ1v) is 13.3. The number of carbonyl (C=O) groups is 1. The molecule has 0 aromatic heterocycles. The highest BCUT2D eigenvalue weighted by molar-refractivity contribution is 7.99. The van der Waals surface area contributed by atoms with E-state index in [1.54, 1.807) is 42.1 Å². The highest BCUT2D eigenvalue weighted by atomic mass is 35.5. The monoisotopic (exact) mass is 544 g/mol. The number of amides is 1. The maximum absolute atomic E-state index is 12.9. The third kappa shape index (κ3) is 7.01. The van der Waals surface area contributed by atoms with E-state index in [0.29, 0.717) is 33.5 Å². The number of aliphatic hydroxyl groups excluding tert-OH is 1. The van der Waals surface area contributed by atoms with Crippen LogP contribution in [0.5, 0.6) is 0 Å². The molecule has 3 aromatic rings. The molecule has 0 saturated heterocycles. The van der Waals surface area contributed by atoms with Crippen molar-refractivity contribution in [2.24, 2.45) is 5.11 Å². The van der Waals surface area contributed by atoms with Gasteiger partial charge in [-0.2, -0.15) is 5.11 Å². The van der Waals surface area contributed by atoms with E-state index in [-0.39, 0.29) is 17.9 Å². The average molecular weight is 546 g/mol. The molecule has 1 amide bonds. The minimum atomic E-state index is -0.544. The third-order valence-corrected chi connectivity index (χ3v) is 7.28. The molecule has 0 radical (unpaired) electrons. The van der Waals surface area contributed by atoms with Crippen LogP contribution in [-0.2, 0) is 5.41 Å². The molecule has 0 spiro atoms. The number of thioether (sulfide) groups is 1. The molecule has 0 aliphatic carbocycles. The largest absolute Gasteiger partial charge is 0.394 e. The summed E-state index contributed by atoms with van der Waals surface area (Å²) >= 11 is 14.2. The van der Waals surface area contributed by atoms with Crippen molar-refractivity contribution >= 4 is 52.2 Å². The van der Waals surface area contributed by atoms with E-state index in [2.05, 4.69) is 36.5 Å². The van der Waals surface area contributed by atoms with Gasteiger partial charge in [0.05, 0.1) is 18.3 Å². The maximum Gasteiger partial charge on any atom is 0.251 e. The summed E-state index contributed by atoms with van der Waals surface area (Å²) in [4.78, 5) is 14.1. The number of rotatable bonds is 11. The zero-order valence-electron chi connectivity index (χ0n) is 20.4. The lowest BCUT2D eigenvalue weighted by Crippen LogP contribution is -2.31. The van der Waals surface area contributed by atoms with Gasteiger partial charge >= 0.3 is 0 Å². The van der Waals surface area contributed by atoms with Crippen molar-refractivity contribution in [1.29, 1.82) is 5.53 Å². The zero-order valence-corrected chi connectivity index (χ0v) is 22.8. The summed E-state index contributed by atoms with van der Waals surface area (Å²) in [5.41, 5.74) is 10.4. The summed E-state index contributed by atoms with van der Waals surface area (Å²) in [6.45, 7) is 6.47. The van der Waals surface area contributed by atoms with Gasteiger partial charge in [-0.25, -0.2) is 5.53 Å². The molecular formula is C27H30Cl2N4O2S. The Balaban J connectivity index is 1.71. The number of hydrogen-bond acceptors (Lipinski definition) is 6. The molecule has 0 heterocycles. The molecule has 4 N–H and O–H groups in total. The SMILES string of the molecule is CCSc1ccc([C@H](CO)NC(=O)c2ccc(NCC(C)(C)c3ccc(Cl)cc3Cl)c(N=N)c2)cc1. The second-order valence-corrected chi connectivity index (χ2v) is 11.1. The van der Waals surface area contributed by atoms with Crippen molar-refractivity contribution in [3.63, 3.8) is 0 Å². The second-order valence-electron chi connectivity index (χ2n) is 8.92. The molecule has 190 valence electrons. The van der Waals surface area contributed by atoms with Crippen LogP contribution in [0.25, 0.3) is 0 Å². The Bertz CT molecular complexity index is 1220. The fourth-order valence-corrected chi connectivity index (χ4v) is 5.13. The van der Waals surface area contributed by atoms with Crippen LogP contribution < -0.4 is 10.6 Å². The summed E-state index contributed by atoms with van der Waals surface area (Å²) in [7, 11) is 0. The minimum absolute atomic E-state index is 0.232. The van der Waals surface area contributed by atoms with Gasteiger partial charge in [-0.3, -0.25) is 4.79 Å². The summed E-state index contributed by atoms with van der Waals surface area (Å²) in [5.74, 6) is 0.617. The highest BCUT2D eigenvalue weighted by Crippen LogP contribution is 2.34. The molecule has 9 heteroatoms. The lowest BCUT2D eigenvalue weighted by Gasteiger charge is -2.27. The quantitative estimate of drug-likeness (QED) is 0.147. The molecular weight excluding hydrogens is 515 g/mol. The Morgan fingerprint density at radius 1 is 1.11 bits per heavy atom. The van der Waals surface area contributed by atoms with Crippen LogP contribution in [0.2, 0.25) is 10.0 Å². The van der Waals surface area contributed by atoms with Crippen molar-refractivity contribution in [1.82, 2.24) is 5.32 Å². The zero-order chi connectivity index (χ0) is 26.3. The number of nitrogens with one attached hydrogen (secondary N) is 3. The molecule has 3 aromatic carbocycles. The van der Waals surface area contributed by atoms with Crippen molar-refractivity contribution < 1.29 is 9.90 Å². The Hall–Kier alpha value is -2.58. The van der Waals surface area contributed by atoms with Gasteiger partial charge in [-0.05, 0) is 59.3 Å². The van der Waals surface area contributed by atoms with E-state index in [1.807, 2.05) is 30.3 Å². The Morgan fingerprint density at radius 3 is 2.44 bits per heavy atom. The van der Waals surface area contributed by atoms with Gasteiger partial charge in [0.2, 0.25) is 0 Å². The predicted octanol–water partition coefficient (Wildman–Crippen LogP) is 7.62. The first kappa shape index (κ1) is 28.0. The summed E-state index contributed by atoms with van der Waals surface area (Å²) in [6, 6.07) is 17.6. The van der Waals surface area contributed by atoms with Crippen LogP contribution in [0.15, 0.2) is 70.7 Å². The van der Waals surface area contributed by atoms with Gasteiger partial charge < -0.3 is 15.7 Å². The molecule has 0 unspecified atom stereocenters. The average Bonchev–Trinajstić information content (AvgIpc) is 2.86. The standard InChI is InChI=1S/C27H30Cl2N4O2S/c1-4-36-20-9-5-17(6-10-20)25(15-34)32-26(35)18-7-12-23(24(13-18)33-30)31-16-27(2,3)21-11-8-19(28)14-22(21)29/h5-14,25,30-31,34H,4,15-16H2,1-3H3,(H,32,35)/t25-/m0/s1. The van der Waals surface area contributed by atoms with Crippen LogP contribution in [0.3, 0.4) is 0 Å². The van der Waals surface area contributed by atoms with E-state index < -0.39 is 6.04 Å². The highest BCUT2D eigenvalue weighted by Gasteiger charge is 2.24. The Kier molecular flexibility index (Phi) is 9.79. The van der Waals surface area contributed by atoms with Crippen LogP contribution in [0.1, 0.15) is 48.3 Å². The maximum atomic E-state index is 12.9. The van der Waals surface area contributed by atoms with E-state index in [4.69, 9.17) is 28.7 Å². The number of halogens is 2. The molecule has 0 fully saturated rings. The first-order chi connectivity index (χ1) is 17.2. The summed E-state index contributed by atoms with van der Waals surface area (Å²) in [5, 5.41) is 20.8. The smallest absolute Gasteiger partial charge is 0.251 e. The Morgan fingerprint density at radius 2 is 1.83 bits per heavy atom. The topological polar surface area (TPSA) is 97.6 Å². The molecule has 0 aliphatic heterocycles. The van der Waals surface area contributed by atoms with Crippen molar-refractivity contribution in [2.75, 3.05) is 24.2 Å². The van der Waals surface area contributed by atoms with Crippen LogP contribution in [0, 0.1) is 5.53 Å². The molecule has 0 aliphatic rings. The summed E-state index contributed by atoms with van der Waals surface area (Å²) in [6.07, 6.45) is 0. The lowest BCUT2D eigenvalue weighted by molar-refractivity contribution is 0.0916. The van der Waals surface area contributed by atoms with Crippen molar-refractivity contribution in [3.8, 4) is 0 Å². The van der Waals surface area contributed by atoms with Gasteiger partial charge in [0.15, 0.2) is 0 Å². The van der Waals surface area contributed by atoms with E-state index >= 15 is 0 Å². The molecule has 3 rings (SSSR count). The first-order valence-electron chi connectivity index (χ1n) is 11.5. The summed E-state index contributed by atoms with van der Waals surface area (Å²) < 4.78 is 0. The van der Waals surface area contributed by atoms with Gasteiger partial charge in [0.1, 0.15) is 5.69 Å². The van der Waals surface area contributed by atoms with E-state index in [9.17, 15) is 9.90 Å². The lowest BCUT2D eigenvalue weighted by atomic mass is 9.84. The van der Waals surface area contributed by atoms with Gasteiger partial charge in [-0.1, -0.05) is 62.2 Å². The van der Waals surface area contributed by atoms with Crippen molar-refractivity contribution in [3.05, 3.63) is 87.4 Å². The fraction of sp³-hybridized carbons (Fsp3) is 0.296. The van der Waals surface area contributed by atoms with Crippen LogP contribution in [0.4, 0.5) is 11.4 Å². The molecule has 1 atom stereocenters. The number of hydrogen-bond donors (Lipinski definition) is 4. The number of benzene rings is 3. The minimum Gasteiger partial charge on any atom is -0.394 e. The fourth-order valence-electron chi connectivity index (χ4n) is 3.80. The number of aliphatic hydroxyl groups is 1. The number of carbonyl (C=O) groups excluding carboxylic acids is 1. The van der Waals surface area contributed by atoms with E-state index in [1.165, 1.54) is 0 Å². The second kappa shape index (κ2) is 12.6. The molecule has 6 nitrogen and oxygen atoms in total. The predicted molar refractivity (Wildman–Crippen MR) is 149 cm³/mol. The molecule has 36 heavy (non-hydrogen) atoms. The number of nitrogens with zero attached hydrogens (tertiary/aromatic N) is 1. The van der Waals surface area contributed by atoms with Gasteiger partial charge in [0.25, 0.3) is 5.91 Å². The normalized spacial score (nSPS) is 12.2. The van der Waals surface area contributed by atoms with Crippen molar-refractivity contribution in [2.45, 2.75) is 37.1 Å². The third-order valence-electron chi connectivity index (χ3n) is 5.84. The van der Waals surface area contributed by atoms with Crippen LogP contribution >= 0.6 is 35.0 Å². The van der Waals surface area contributed by atoms with Gasteiger partial charge in [-0.15, -0.1) is 11.8 Å².